The second kappa shape index (κ2) is 4.49. The van der Waals surface area contributed by atoms with Crippen molar-refractivity contribution in [1.29, 1.82) is 0 Å². The Hall–Kier alpha value is -1.32. The van der Waals surface area contributed by atoms with E-state index in [0.717, 1.165) is 11.0 Å². The molecule has 0 spiro atoms. The molecule has 0 saturated heterocycles. The highest BCUT2D eigenvalue weighted by Gasteiger charge is 2.13. The van der Waals surface area contributed by atoms with E-state index in [4.69, 9.17) is 0 Å². The van der Waals surface area contributed by atoms with E-state index in [9.17, 15) is 9.59 Å². The Morgan fingerprint density at radius 2 is 2.18 bits per heavy atom. The molecule has 0 radical (unpaired) electrons. The molecular weight excluding hydrogens is 146 g/mol. The molecule has 0 atom stereocenters. The Morgan fingerprint density at radius 3 is 2.55 bits per heavy atom. The van der Waals surface area contributed by atoms with Gasteiger partial charge in [0.1, 0.15) is 0 Å². The predicted octanol–water partition coefficient (Wildman–Crippen LogP) is 0.787. The zero-order valence-electron chi connectivity index (χ0n) is 6.66. The smallest absolute Gasteiger partial charge is 0.416 e. The molecule has 0 saturated carbocycles. The van der Waals surface area contributed by atoms with E-state index >= 15 is 0 Å². The summed E-state index contributed by atoms with van der Waals surface area (Å²) in [5.74, 6) is -0.469. The van der Waals surface area contributed by atoms with Crippen molar-refractivity contribution in [1.82, 2.24) is 4.90 Å². The molecule has 0 aliphatic heterocycles. The largest absolute Gasteiger partial charge is 0.449 e. The molecule has 0 aromatic heterocycles. The quantitative estimate of drug-likeness (QED) is 0.556. The summed E-state index contributed by atoms with van der Waals surface area (Å²) in [4.78, 5) is 22.4. The fraction of sp³-hybridized carbons (Fsp3) is 0.429. The number of carbonyl (C=O) groups is 2. The number of hydrogen-bond acceptors (Lipinski definition) is 3. The molecule has 4 heteroatoms. The van der Waals surface area contributed by atoms with Gasteiger partial charge in [-0.1, -0.05) is 6.58 Å². The molecule has 0 aliphatic rings. The number of amides is 2. The molecular formula is C7H11NO3. The summed E-state index contributed by atoms with van der Waals surface area (Å²) < 4.78 is 4.54. The number of ether oxygens (including phenoxy) is 1. The first kappa shape index (κ1) is 9.68. The van der Waals surface area contributed by atoms with Gasteiger partial charge in [0.05, 0.1) is 6.61 Å². The minimum absolute atomic E-state index is 0.258. The lowest BCUT2D eigenvalue weighted by molar-refractivity contribution is -0.123. The van der Waals surface area contributed by atoms with Crippen molar-refractivity contribution in [3.63, 3.8) is 0 Å². The molecule has 62 valence electrons. The molecule has 4 nitrogen and oxygen atoms in total. The summed E-state index contributed by atoms with van der Waals surface area (Å²) >= 11 is 0. The third kappa shape index (κ3) is 2.84. The molecule has 0 aromatic carbocycles. The number of likely N-dealkylation sites (N-methyl/N-ethyl adjacent to an activating group) is 1. The van der Waals surface area contributed by atoms with Crippen molar-refractivity contribution in [3.05, 3.63) is 12.7 Å². The Morgan fingerprint density at radius 1 is 1.64 bits per heavy atom. The summed E-state index contributed by atoms with van der Waals surface area (Å²) in [6.45, 7) is 5.15. The number of hydrogen-bond donors (Lipinski definition) is 0. The second-order valence-electron chi connectivity index (χ2n) is 1.80. The minimum Gasteiger partial charge on any atom is -0.449 e. The summed E-state index contributed by atoms with van der Waals surface area (Å²) in [6, 6.07) is 0. The number of nitrogens with zero attached hydrogens (tertiary/aromatic N) is 1. The average molecular weight is 157 g/mol. The molecule has 0 aromatic rings. The van der Waals surface area contributed by atoms with Gasteiger partial charge in [0, 0.05) is 7.05 Å². The van der Waals surface area contributed by atoms with Gasteiger partial charge in [-0.2, -0.15) is 0 Å². The third-order valence-electron chi connectivity index (χ3n) is 1.05. The zero-order valence-corrected chi connectivity index (χ0v) is 6.66. The fourth-order valence-electron chi connectivity index (χ4n) is 0.447. The Kier molecular flexibility index (Phi) is 3.95. The highest BCUT2D eigenvalue weighted by Crippen LogP contribution is 1.90. The van der Waals surface area contributed by atoms with Gasteiger partial charge in [0.2, 0.25) is 0 Å². The van der Waals surface area contributed by atoms with Crippen LogP contribution in [-0.2, 0) is 9.53 Å². The zero-order chi connectivity index (χ0) is 8.85. The maximum Gasteiger partial charge on any atom is 0.416 e. The van der Waals surface area contributed by atoms with E-state index in [-0.39, 0.29) is 6.61 Å². The van der Waals surface area contributed by atoms with Crippen LogP contribution in [0.1, 0.15) is 6.92 Å². The van der Waals surface area contributed by atoms with Crippen LogP contribution in [0.4, 0.5) is 4.79 Å². The van der Waals surface area contributed by atoms with Crippen LogP contribution in [0.3, 0.4) is 0 Å². The lowest BCUT2D eigenvalue weighted by Gasteiger charge is -2.11. The van der Waals surface area contributed by atoms with Gasteiger partial charge in [-0.25, -0.2) is 9.69 Å². The van der Waals surface area contributed by atoms with Crippen molar-refractivity contribution < 1.29 is 14.3 Å². The van der Waals surface area contributed by atoms with Gasteiger partial charge in [0.25, 0.3) is 5.91 Å². The average Bonchev–Trinajstić information content (AvgIpc) is 2.02. The Labute approximate surface area is 65.4 Å². The van der Waals surface area contributed by atoms with E-state index in [2.05, 4.69) is 11.3 Å². The minimum atomic E-state index is -0.655. The maximum absolute atomic E-state index is 10.8. The number of rotatable bonds is 2. The maximum atomic E-state index is 10.8. The van der Waals surface area contributed by atoms with Crippen LogP contribution in [0.25, 0.3) is 0 Å². The van der Waals surface area contributed by atoms with Gasteiger partial charge in [-0.3, -0.25) is 4.79 Å². The van der Waals surface area contributed by atoms with Crippen molar-refractivity contribution in [3.8, 4) is 0 Å². The molecule has 0 aliphatic carbocycles. The molecule has 0 bridgehead atoms. The summed E-state index contributed by atoms with van der Waals surface area (Å²) in [5.41, 5.74) is 0. The van der Waals surface area contributed by atoms with Crippen molar-refractivity contribution in [2.45, 2.75) is 6.92 Å². The standard InChI is InChI=1S/C7H11NO3/c1-4-6(9)8(3)7(10)11-5-2/h4H,1,5H2,2-3H3. The lowest BCUT2D eigenvalue weighted by Crippen LogP contribution is -2.32. The van der Waals surface area contributed by atoms with Crippen LogP contribution in [0.2, 0.25) is 0 Å². The Bertz CT molecular complexity index is 177. The number of carbonyl (C=O) groups excluding carboxylic acids is 2. The second-order valence-corrected chi connectivity index (χ2v) is 1.80. The van der Waals surface area contributed by atoms with Gasteiger partial charge in [-0.15, -0.1) is 0 Å². The third-order valence-corrected chi connectivity index (χ3v) is 1.05. The Balaban J connectivity index is 4.01. The van der Waals surface area contributed by atoms with Crippen LogP contribution < -0.4 is 0 Å². The predicted molar refractivity (Wildman–Crippen MR) is 40.0 cm³/mol. The molecule has 0 heterocycles. The molecule has 0 rings (SSSR count). The SMILES string of the molecule is C=CC(=O)N(C)C(=O)OCC. The highest BCUT2D eigenvalue weighted by atomic mass is 16.6. The van der Waals surface area contributed by atoms with E-state index in [1.54, 1.807) is 6.92 Å². The monoisotopic (exact) mass is 157 g/mol. The highest BCUT2D eigenvalue weighted by molar-refractivity contribution is 5.97. The van der Waals surface area contributed by atoms with Crippen LogP contribution >= 0.6 is 0 Å². The van der Waals surface area contributed by atoms with Crippen molar-refractivity contribution in [2.24, 2.45) is 0 Å². The summed E-state index contributed by atoms with van der Waals surface area (Å²) in [7, 11) is 1.34. The molecule has 11 heavy (non-hydrogen) atoms. The van der Waals surface area contributed by atoms with E-state index in [1.807, 2.05) is 0 Å². The first-order chi connectivity index (χ1) is 5.13. The molecule has 2 amide bonds. The molecule has 0 fully saturated rings. The number of imide groups is 1. The molecule has 0 N–H and O–H groups in total. The van der Waals surface area contributed by atoms with Crippen molar-refractivity contribution >= 4 is 12.0 Å². The first-order valence-corrected chi connectivity index (χ1v) is 3.20. The van der Waals surface area contributed by atoms with E-state index in [1.165, 1.54) is 7.05 Å². The van der Waals surface area contributed by atoms with Gasteiger partial charge < -0.3 is 4.74 Å². The van der Waals surface area contributed by atoms with Gasteiger partial charge in [-0.05, 0) is 13.0 Å². The van der Waals surface area contributed by atoms with Gasteiger partial charge >= 0.3 is 6.09 Å². The fourth-order valence-corrected chi connectivity index (χ4v) is 0.447. The van der Waals surface area contributed by atoms with Crippen LogP contribution in [0, 0.1) is 0 Å². The van der Waals surface area contributed by atoms with E-state index < -0.39 is 12.0 Å². The first-order valence-electron chi connectivity index (χ1n) is 3.20. The normalized spacial score (nSPS) is 8.55. The van der Waals surface area contributed by atoms with Crippen LogP contribution in [0.15, 0.2) is 12.7 Å². The topological polar surface area (TPSA) is 46.6 Å². The van der Waals surface area contributed by atoms with Crippen LogP contribution in [-0.4, -0.2) is 30.6 Å². The van der Waals surface area contributed by atoms with Gasteiger partial charge in [0.15, 0.2) is 0 Å². The van der Waals surface area contributed by atoms with Crippen LogP contribution in [0.5, 0.6) is 0 Å². The summed E-state index contributed by atoms with van der Waals surface area (Å²) in [5, 5.41) is 0. The lowest BCUT2D eigenvalue weighted by atomic mass is 10.5. The van der Waals surface area contributed by atoms with E-state index in [0.29, 0.717) is 0 Å². The summed E-state index contributed by atoms with van der Waals surface area (Å²) in [6.07, 6.45) is 0.397. The van der Waals surface area contributed by atoms with Crippen molar-refractivity contribution in [2.75, 3.05) is 13.7 Å². The molecule has 0 unspecified atom stereocenters.